The Hall–Kier alpha value is -1.93. The van der Waals surface area contributed by atoms with E-state index >= 15 is 0 Å². The molecule has 0 aliphatic carbocycles. The number of carbonyl (C=O) groups excluding carboxylic acids is 1. The van der Waals surface area contributed by atoms with Crippen LogP contribution in [0.5, 0.6) is 0 Å². The standard InChI is InChI=1S/C17H18O2/c1-12(18)14-5-4-6-15(11-14)13-7-9-16(10-8-13)17(2,3)19/h4-11,19H,1-3H3. The molecular formula is C17H18O2. The van der Waals surface area contributed by atoms with Crippen LogP contribution < -0.4 is 0 Å². The van der Waals surface area contributed by atoms with Gasteiger partial charge in [0.1, 0.15) is 0 Å². The largest absolute Gasteiger partial charge is 0.386 e. The van der Waals surface area contributed by atoms with Crippen LogP contribution in [0, 0.1) is 0 Å². The van der Waals surface area contributed by atoms with Crippen LogP contribution in [-0.2, 0) is 5.60 Å². The average Bonchev–Trinajstić information content (AvgIpc) is 2.38. The molecule has 1 N–H and O–H groups in total. The fraction of sp³-hybridized carbons (Fsp3) is 0.235. The van der Waals surface area contributed by atoms with E-state index in [1.165, 1.54) is 0 Å². The molecule has 0 unspecified atom stereocenters. The molecule has 19 heavy (non-hydrogen) atoms. The highest BCUT2D eigenvalue weighted by atomic mass is 16.3. The van der Waals surface area contributed by atoms with Crippen molar-refractivity contribution in [3.05, 3.63) is 59.7 Å². The second-order valence-corrected chi connectivity index (χ2v) is 5.27. The normalized spacial score (nSPS) is 11.4. The molecule has 0 fully saturated rings. The molecule has 0 atom stereocenters. The first-order chi connectivity index (χ1) is 8.88. The number of hydrogen-bond acceptors (Lipinski definition) is 2. The fourth-order valence-corrected chi connectivity index (χ4v) is 1.99. The van der Waals surface area contributed by atoms with Gasteiger partial charge in [0, 0.05) is 5.56 Å². The monoisotopic (exact) mass is 254 g/mol. The number of Topliss-reactive ketones (excluding diaryl/α,β-unsaturated/α-hetero) is 1. The van der Waals surface area contributed by atoms with E-state index in [0.29, 0.717) is 5.56 Å². The molecule has 0 saturated heterocycles. The van der Waals surface area contributed by atoms with Gasteiger partial charge in [-0.1, -0.05) is 42.5 Å². The maximum atomic E-state index is 11.4. The van der Waals surface area contributed by atoms with Gasteiger partial charge in [-0.25, -0.2) is 0 Å². The number of ketones is 1. The molecule has 2 rings (SSSR count). The Morgan fingerprint density at radius 1 is 1.00 bits per heavy atom. The van der Waals surface area contributed by atoms with Crippen LogP contribution in [0.15, 0.2) is 48.5 Å². The third-order valence-electron chi connectivity index (χ3n) is 3.19. The van der Waals surface area contributed by atoms with E-state index in [4.69, 9.17) is 0 Å². The minimum atomic E-state index is -0.834. The van der Waals surface area contributed by atoms with E-state index in [9.17, 15) is 9.90 Å². The minimum absolute atomic E-state index is 0.0648. The van der Waals surface area contributed by atoms with Crippen LogP contribution in [-0.4, -0.2) is 10.9 Å². The van der Waals surface area contributed by atoms with Gasteiger partial charge >= 0.3 is 0 Å². The zero-order chi connectivity index (χ0) is 14.0. The summed E-state index contributed by atoms with van der Waals surface area (Å²) in [5, 5.41) is 9.92. The highest BCUT2D eigenvalue weighted by Crippen LogP contribution is 2.25. The molecular weight excluding hydrogens is 236 g/mol. The van der Waals surface area contributed by atoms with Crippen molar-refractivity contribution in [1.82, 2.24) is 0 Å². The van der Waals surface area contributed by atoms with Crippen molar-refractivity contribution in [2.75, 3.05) is 0 Å². The summed E-state index contributed by atoms with van der Waals surface area (Å²) in [5.74, 6) is 0.0648. The Kier molecular flexibility index (Phi) is 3.54. The molecule has 0 heterocycles. The maximum Gasteiger partial charge on any atom is 0.159 e. The molecule has 0 bridgehead atoms. The van der Waals surface area contributed by atoms with Crippen molar-refractivity contribution in [3.8, 4) is 11.1 Å². The summed E-state index contributed by atoms with van der Waals surface area (Å²) in [5.41, 5.74) is 2.80. The Bertz CT molecular complexity index is 589. The van der Waals surface area contributed by atoms with Crippen LogP contribution >= 0.6 is 0 Å². The Labute approximate surface area is 113 Å². The van der Waals surface area contributed by atoms with Gasteiger partial charge in [0.2, 0.25) is 0 Å². The number of hydrogen-bond donors (Lipinski definition) is 1. The summed E-state index contributed by atoms with van der Waals surface area (Å²) >= 11 is 0. The molecule has 0 amide bonds. The summed E-state index contributed by atoms with van der Waals surface area (Å²) in [7, 11) is 0. The summed E-state index contributed by atoms with van der Waals surface area (Å²) < 4.78 is 0. The first-order valence-electron chi connectivity index (χ1n) is 6.32. The van der Waals surface area contributed by atoms with E-state index in [0.717, 1.165) is 16.7 Å². The zero-order valence-electron chi connectivity index (χ0n) is 11.5. The zero-order valence-corrected chi connectivity index (χ0v) is 11.5. The van der Waals surface area contributed by atoms with Crippen molar-refractivity contribution in [2.45, 2.75) is 26.4 Å². The summed E-state index contributed by atoms with van der Waals surface area (Å²) in [6.07, 6.45) is 0. The van der Waals surface area contributed by atoms with Crippen LogP contribution in [0.3, 0.4) is 0 Å². The third-order valence-corrected chi connectivity index (χ3v) is 3.19. The molecule has 0 aliphatic rings. The number of rotatable bonds is 3. The van der Waals surface area contributed by atoms with Crippen molar-refractivity contribution >= 4 is 5.78 Å². The molecule has 98 valence electrons. The van der Waals surface area contributed by atoms with E-state index < -0.39 is 5.60 Å². The van der Waals surface area contributed by atoms with Gasteiger partial charge in [-0.05, 0) is 43.5 Å². The first kappa shape index (κ1) is 13.5. The molecule has 0 spiro atoms. The molecule has 0 aromatic heterocycles. The quantitative estimate of drug-likeness (QED) is 0.846. The summed E-state index contributed by atoms with van der Waals surface area (Å²) in [6, 6.07) is 15.3. The first-order valence-corrected chi connectivity index (χ1v) is 6.32. The predicted octanol–water partition coefficient (Wildman–Crippen LogP) is 3.78. The maximum absolute atomic E-state index is 11.4. The SMILES string of the molecule is CC(=O)c1cccc(-c2ccc(C(C)(C)O)cc2)c1. The lowest BCUT2D eigenvalue weighted by Crippen LogP contribution is -2.14. The smallest absolute Gasteiger partial charge is 0.159 e. The van der Waals surface area contributed by atoms with Crippen LogP contribution in [0.4, 0.5) is 0 Å². The fourth-order valence-electron chi connectivity index (χ4n) is 1.99. The van der Waals surface area contributed by atoms with Gasteiger partial charge in [0.05, 0.1) is 5.60 Å². The molecule has 0 saturated carbocycles. The third kappa shape index (κ3) is 3.09. The van der Waals surface area contributed by atoms with Gasteiger partial charge < -0.3 is 5.11 Å². The van der Waals surface area contributed by atoms with Crippen molar-refractivity contribution < 1.29 is 9.90 Å². The van der Waals surface area contributed by atoms with Crippen molar-refractivity contribution in [1.29, 1.82) is 0 Å². The molecule has 0 aliphatic heterocycles. The highest BCUT2D eigenvalue weighted by molar-refractivity contribution is 5.95. The van der Waals surface area contributed by atoms with Crippen LogP contribution in [0.25, 0.3) is 11.1 Å². The van der Waals surface area contributed by atoms with Gasteiger partial charge in [0.15, 0.2) is 5.78 Å². The Morgan fingerprint density at radius 3 is 2.16 bits per heavy atom. The Balaban J connectivity index is 2.37. The summed E-state index contributed by atoms with van der Waals surface area (Å²) in [4.78, 5) is 11.4. The van der Waals surface area contributed by atoms with Gasteiger partial charge in [-0.2, -0.15) is 0 Å². The van der Waals surface area contributed by atoms with E-state index in [1.807, 2.05) is 48.5 Å². The molecule has 2 aromatic rings. The van der Waals surface area contributed by atoms with Gasteiger partial charge in [0.25, 0.3) is 0 Å². The summed E-state index contributed by atoms with van der Waals surface area (Å²) in [6.45, 7) is 5.09. The lowest BCUT2D eigenvalue weighted by molar-refractivity contribution is 0.0786. The Morgan fingerprint density at radius 2 is 1.63 bits per heavy atom. The van der Waals surface area contributed by atoms with E-state index in [-0.39, 0.29) is 5.78 Å². The lowest BCUT2D eigenvalue weighted by Gasteiger charge is -2.18. The molecule has 0 radical (unpaired) electrons. The molecule has 2 aromatic carbocycles. The predicted molar refractivity (Wildman–Crippen MR) is 77.1 cm³/mol. The van der Waals surface area contributed by atoms with Crippen LogP contribution in [0.2, 0.25) is 0 Å². The highest BCUT2D eigenvalue weighted by Gasteiger charge is 2.15. The second kappa shape index (κ2) is 4.98. The molecule has 2 nitrogen and oxygen atoms in total. The number of benzene rings is 2. The van der Waals surface area contributed by atoms with E-state index in [2.05, 4.69) is 0 Å². The van der Waals surface area contributed by atoms with Gasteiger partial charge in [-0.3, -0.25) is 4.79 Å². The average molecular weight is 254 g/mol. The second-order valence-electron chi connectivity index (χ2n) is 5.27. The topological polar surface area (TPSA) is 37.3 Å². The van der Waals surface area contributed by atoms with Crippen LogP contribution in [0.1, 0.15) is 36.7 Å². The molecule has 2 heteroatoms. The number of carbonyl (C=O) groups is 1. The van der Waals surface area contributed by atoms with Crippen molar-refractivity contribution in [2.24, 2.45) is 0 Å². The number of aliphatic hydroxyl groups is 1. The lowest BCUT2D eigenvalue weighted by atomic mass is 9.95. The van der Waals surface area contributed by atoms with E-state index in [1.54, 1.807) is 20.8 Å². The minimum Gasteiger partial charge on any atom is -0.386 e. The van der Waals surface area contributed by atoms with Crippen molar-refractivity contribution in [3.63, 3.8) is 0 Å². The van der Waals surface area contributed by atoms with Gasteiger partial charge in [-0.15, -0.1) is 0 Å².